The van der Waals surface area contributed by atoms with Crippen LogP contribution in [0, 0.1) is 11.3 Å². The lowest BCUT2D eigenvalue weighted by molar-refractivity contribution is 0.444. The van der Waals surface area contributed by atoms with Gasteiger partial charge in [0.15, 0.2) is 5.65 Å². The Balaban J connectivity index is 1.60. The first kappa shape index (κ1) is 18.6. The number of rotatable bonds is 5. The number of fused-ring (bicyclic) bond motifs is 1. The number of thiazole rings is 1. The van der Waals surface area contributed by atoms with Gasteiger partial charge in [-0.05, 0) is 43.0 Å². The second-order valence-electron chi connectivity index (χ2n) is 7.17. The first-order chi connectivity index (χ1) is 13.7. The molecule has 1 aliphatic rings. The molecular weight excluding hydrogens is 368 g/mol. The number of piperidine rings is 1. The molecule has 0 bridgehead atoms. The highest BCUT2D eigenvalue weighted by Crippen LogP contribution is 2.31. The lowest BCUT2D eigenvalue weighted by Gasteiger charge is -2.31. The molecule has 144 valence electrons. The first-order valence-corrected chi connectivity index (χ1v) is 10.4. The molecule has 0 spiro atoms. The summed E-state index contributed by atoms with van der Waals surface area (Å²) in [6.07, 6.45) is 7.51. The van der Waals surface area contributed by atoms with Crippen molar-refractivity contribution in [1.29, 1.82) is 5.41 Å². The van der Waals surface area contributed by atoms with Crippen molar-refractivity contribution in [2.75, 3.05) is 25.0 Å². The third-order valence-electron chi connectivity index (χ3n) is 4.98. The largest absolute Gasteiger partial charge is 0.393 e. The minimum atomic E-state index is 0.704. The number of nitrogens with one attached hydrogen (secondary N) is 2. The van der Waals surface area contributed by atoms with Crippen molar-refractivity contribution in [3.63, 3.8) is 0 Å². The predicted molar refractivity (Wildman–Crippen MR) is 117 cm³/mol. The molecule has 0 aliphatic carbocycles. The average Bonchev–Trinajstić information content (AvgIpc) is 3.15. The van der Waals surface area contributed by atoms with Crippen molar-refractivity contribution in [1.82, 2.24) is 20.3 Å². The Bertz CT molecular complexity index is 1010. The summed E-state index contributed by atoms with van der Waals surface area (Å²) in [5.74, 6) is 1.77. The van der Waals surface area contributed by atoms with Gasteiger partial charge < -0.3 is 15.6 Å². The third-order valence-corrected chi connectivity index (χ3v) is 6.04. The zero-order valence-corrected chi connectivity index (χ0v) is 17.0. The number of hydrogen-bond acceptors (Lipinski definition) is 7. The Hall–Kier alpha value is -2.80. The molecular formula is C21H24N6S. The maximum atomic E-state index is 7.56. The Morgan fingerprint density at radius 2 is 2.18 bits per heavy atom. The Morgan fingerprint density at radius 1 is 1.29 bits per heavy atom. The van der Waals surface area contributed by atoms with E-state index in [-0.39, 0.29) is 0 Å². The number of hydrogen-bond donors (Lipinski definition) is 2. The van der Waals surface area contributed by atoms with Gasteiger partial charge in [0.1, 0.15) is 10.8 Å². The summed E-state index contributed by atoms with van der Waals surface area (Å²) >= 11 is 1.61. The van der Waals surface area contributed by atoms with Crippen LogP contribution in [0.4, 0.5) is 5.82 Å². The smallest absolute Gasteiger partial charge is 0.171 e. The maximum Gasteiger partial charge on any atom is 0.171 e. The zero-order valence-electron chi connectivity index (χ0n) is 16.1. The summed E-state index contributed by atoms with van der Waals surface area (Å²) in [5, 5.41) is 11.4. The van der Waals surface area contributed by atoms with Crippen LogP contribution < -0.4 is 10.2 Å². The van der Waals surface area contributed by atoms with Gasteiger partial charge in [0.05, 0.1) is 10.4 Å². The van der Waals surface area contributed by atoms with Gasteiger partial charge in [0.2, 0.25) is 0 Å². The molecule has 28 heavy (non-hydrogen) atoms. The van der Waals surface area contributed by atoms with Crippen molar-refractivity contribution in [3.05, 3.63) is 42.4 Å². The van der Waals surface area contributed by atoms with Crippen molar-refractivity contribution < 1.29 is 0 Å². The number of allylic oxidation sites excluding steroid dienone is 1. The molecule has 1 aliphatic heterocycles. The molecule has 2 N–H and O–H groups in total. The van der Waals surface area contributed by atoms with E-state index in [2.05, 4.69) is 34.3 Å². The van der Waals surface area contributed by atoms with Crippen molar-refractivity contribution >= 4 is 39.3 Å². The van der Waals surface area contributed by atoms with Crippen LogP contribution in [0.1, 0.15) is 25.5 Å². The van der Waals surface area contributed by atoms with Gasteiger partial charge in [-0.3, -0.25) is 0 Å². The van der Waals surface area contributed by atoms with Gasteiger partial charge in [-0.15, -0.1) is 11.3 Å². The van der Waals surface area contributed by atoms with E-state index in [0.717, 1.165) is 51.4 Å². The molecule has 1 unspecified atom stereocenters. The topological polar surface area (TPSA) is 77.8 Å². The average molecular weight is 393 g/mol. The summed E-state index contributed by atoms with van der Waals surface area (Å²) in [6.45, 7) is 4.47. The van der Waals surface area contributed by atoms with E-state index in [1.807, 2.05) is 25.4 Å². The number of aromatic nitrogens is 3. The lowest BCUT2D eigenvalue weighted by atomic mass is 10.0. The van der Waals surface area contributed by atoms with E-state index in [1.165, 1.54) is 19.1 Å². The zero-order chi connectivity index (χ0) is 19.5. The maximum absolute atomic E-state index is 7.56. The van der Waals surface area contributed by atoms with Crippen molar-refractivity contribution in [2.24, 2.45) is 5.92 Å². The summed E-state index contributed by atoms with van der Waals surface area (Å²) in [6, 6.07) is 8.14. The summed E-state index contributed by atoms with van der Waals surface area (Å²) in [4.78, 5) is 16.4. The first-order valence-electron chi connectivity index (χ1n) is 9.55. The summed E-state index contributed by atoms with van der Waals surface area (Å²) in [7, 11) is 1.81. The predicted octanol–water partition coefficient (Wildman–Crippen LogP) is 4.20. The van der Waals surface area contributed by atoms with E-state index >= 15 is 0 Å². The third kappa shape index (κ3) is 3.75. The molecule has 3 aromatic heterocycles. The molecule has 1 fully saturated rings. The van der Waals surface area contributed by atoms with Gasteiger partial charge in [-0.2, -0.15) is 0 Å². The summed E-state index contributed by atoms with van der Waals surface area (Å²) in [5.41, 5.74) is 3.17. The molecule has 6 nitrogen and oxygen atoms in total. The standard InChI is InChI=1S/C21H24N6S/c1-14-4-3-9-27(13-14)19-8-5-15(12-24-19)21-26-20-18(28-21)7-6-17(25-20)16(10-22)11-23-2/h5-8,10-12,14,22-23H,3-4,9,13H2,1-2H3/b16-11+,22-10?. The molecule has 1 saturated heterocycles. The van der Waals surface area contributed by atoms with E-state index in [4.69, 9.17) is 15.4 Å². The van der Waals surface area contributed by atoms with Crippen LogP contribution in [0.3, 0.4) is 0 Å². The van der Waals surface area contributed by atoms with Crippen LogP contribution in [0.25, 0.3) is 26.5 Å². The van der Waals surface area contributed by atoms with Gasteiger partial charge in [0.25, 0.3) is 0 Å². The Kier molecular flexibility index (Phi) is 5.34. The van der Waals surface area contributed by atoms with E-state index in [1.54, 1.807) is 17.5 Å². The molecule has 0 aromatic carbocycles. The molecule has 7 heteroatoms. The molecule has 4 rings (SSSR count). The monoisotopic (exact) mass is 392 g/mol. The molecule has 0 saturated carbocycles. The van der Waals surface area contributed by atoms with Crippen LogP contribution in [0.2, 0.25) is 0 Å². The van der Waals surface area contributed by atoms with Crippen molar-refractivity contribution in [2.45, 2.75) is 19.8 Å². The second kappa shape index (κ2) is 8.06. The number of pyridine rings is 2. The van der Waals surface area contributed by atoms with E-state index in [9.17, 15) is 0 Å². The van der Waals surface area contributed by atoms with Gasteiger partial charge >= 0.3 is 0 Å². The van der Waals surface area contributed by atoms with Gasteiger partial charge in [-0.25, -0.2) is 15.0 Å². The highest BCUT2D eigenvalue weighted by molar-refractivity contribution is 7.21. The Labute approximate surface area is 168 Å². The number of nitrogens with zero attached hydrogens (tertiary/aromatic N) is 4. The fourth-order valence-corrected chi connectivity index (χ4v) is 4.44. The van der Waals surface area contributed by atoms with E-state index < -0.39 is 0 Å². The fourth-order valence-electron chi connectivity index (χ4n) is 3.54. The molecule has 3 aromatic rings. The Morgan fingerprint density at radius 3 is 2.89 bits per heavy atom. The van der Waals surface area contributed by atoms with Crippen LogP contribution >= 0.6 is 11.3 Å². The summed E-state index contributed by atoms with van der Waals surface area (Å²) < 4.78 is 1.03. The normalized spacial score (nSPS) is 17.7. The fraction of sp³-hybridized carbons (Fsp3) is 0.333. The minimum Gasteiger partial charge on any atom is -0.393 e. The molecule has 1 atom stereocenters. The molecule has 0 radical (unpaired) electrons. The van der Waals surface area contributed by atoms with Crippen LogP contribution in [0.15, 0.2) is 36.7 Å². The molecule has 4 heterocycles. The molecule has 0 amide bonds. The van der Waals surface area contributed by atoms with Crippen molar-refractivity contribution in [3.8, 4) is 10.6 Å². The quantitative estimate of drug-likeness (QED) is 0.636. The van der Waals surface area contributed by atoms with Crippen LogP contribution in [-0.4, -0.2) is 41.3 Å². The second-order valence-corrected chi connectivity index (χ2v) is 8.20. The number of anilines is 1. The lowest BCUT2D eigenvalue weighted by Crippen LogP contribution is -2.34. The van der Waals surface area contributed by atoms with Crippen LogP contribution in [-0.2, 0) is 0 Å². The van der Waals surface area contributed by atoms with E-state index in [0.29, 0.717) is 5.65 Å². The highest BCUT2D eigenvalue weighted by Gasteiger charge is 2.18. The van der Waals surface area contributed by atoms with Gasteiger partial charge in [0, 0.05) is 49.9 Å². The van der Waals surface area contributed by atoms with Gasteiger partial charge in [-0.1, -0.05) is 6.92 Å². The minimum absolute atomic E-state index is 0.704. The highest BCUT2D eigenvalue weighted by atomic mass is 32.1. The SMILES string of the molecule is CN/C=C(\C=N)c1ccc2sc(-c3ccc(N4CCCC(C)C4)nc3)nc2n1. The van der Waals surface area contributed by atoms with Crippen LogP contribution in [0.5, 0.6) is 0 Å².